The maximum absolute atomic E-state index is 10.7. The van der Waals surface area contributed by atoms with Gasteiger partial charge in [-0.1, -0.05) is 0 Å². The average molecular weight is 521 g/mol. The van der Waals surface area contributed by atoms with Crippen molar-refractivity contribution in [2.45, 2.75) is 50.2 Å². The van der Waals surface area contributed by atoms with Gasteiger partial charge < -0.3 is 54.0 Å². The molecule has 0 unspecified atom stereocenters. The molecule has 2 aromatic carbocycles. The van der Waals surface area contributed by atoms with Crippen LogP contribution < -0.4 is 9.47 Å². The zero-order valence-corrected chi connectivity index (χ0v) is 20.5. The highest BCUT2D eigenvalue weighted by Gasteiger charge is 2.44. The number of aromatic hydroxyl groups is 1. The molecule has 0 amide bonds. The lowest BCUT2D eigenvalue weighted by molar-refractivity contribution is -0.304. The summed E-state index contributed by atoms with van der Waals surface area (Å²) in [5.74, 6) is 1.23. The number of hydrogen-bond acceptors (Lipinski definition) is 11. The Balaban J connectivity index is 1.76. The highest BCUT2D eigenvalue weighted by Crippen LogP contribution is 2.42. The van der Waals surface area contributed by atoms with E-state index in [-0.39, 0.29) is 24.5 Å². The summed E-state index contributed by atoms with van der Waals surface area (Å²) < 4.78 is 28.1. The molecule has 2 heterocycles. The normalized spacial score (nSPS) is 23.9. The van der Waals surface area contributed by atoms with Crippen molar-refractivity contribution in [1.29, 1.82) is 0 Å². The molecule has 5 atom stereocenters. The Bertz CT molecular complexity index is 1200. The van der Waals surface area contributed by atoms with Gasteiger partial charge in [-0.15, -0.1) is 0 Å². The third-order valence-corrected chi connectivity index (χ3v) is 6.44. The predicted molar refractivity (Wildman–Crippen MR) is 130 cm³/mol. The van der Waals surface area contributed by atoms with E-state index in [9.17, 15) is 30.6 Å². The van der Waals surface area contributed by atoms with Gasteiger partial charge in [0.2, 0.25) is 0 Å². The third-order valence-electron chi connectivity index (χ3n) is 6.44. The van der Waals surface area contributed by atoms with Crippen LogP contribution in [0.25, 0.3) is 22.3 Å². The van der Waals surface area contributed by atoms with Gasteiger partial charge in [-0.05, 0) is 48.7 Å². The van der Waals surface area contributed by atoms with Crippen LogP contribution >= 0.6 is 0 Å². The van der Waals surface area contributed by atoms with Crippen LogP contribution in [0.15, 0.2) is 34.7 Å². The van der Waals surface area contributed by atoms with Gasteiger partial charge >= 0.3 is 0 Å². The van der Waals surface area contributed by atoms with Crippen LogP contribution in [0.2, 0.25) is 0 Å². The van der Waals surface area contributed by atoms with Gasteiger partial charge in [-0.25, -0.2) is 0 Å². The molecule has 1 aromatic heterocycles. The molecule has 0 aliphatic carbocycles. The highest BCUT2D eigenvalue weighted by molar-refractivity contribution is 5.92. The van der Waals surface area contributed by atoms with Crippen molar-refractivity contribution >= 4 is 11.0 Å². The molecule has 6 N–H and O–H groups in total. The minimum atomic E-state index is -1.59. The molecule has 1 fully saturated rings. The minimum absolute atomic E-state index is 0.00580. The van der Waals surface area contributed by atoms with Crippen molar-refractivity contribution in [3.63, 3.8) is 0 Å². The number of aryl methyl sites for hydroxylation is 1. The van der Waals surface area contributed by atoms with Crippen LogP contribution in [0.4, 0.5) is 0 Å². The number of phenolic OH excluding ortho intramolecular Hbond substituents is 1. The fourth-order valence-corrected chi connectivity index (χ4v) is 4.44. The molecule has 11 nitrogen and oxygen atoms in total. The van der Waals surface area contributed by atoms with Gasteiger partial charge in [0.05, 0.1) is 27.4 Å². The molecule has 0 spiro atoms. The summed E-state index contributed by atoms with van der Waals surface area (Å²) in [5.41, 5.74) is 2.09. The fraction of sp³-hybridized carbons (Fsp3) is 0.462. The lowest BCUT2D eigenvalue weighted by atomic mass is 9.99. The first-order chi connectivity index (χ1) is 17.8. The highest BCUT2D eigenvalue weighted by atomic mass is 16.7. The number of hydrogen-bond donors (Lipinski definition) is 6. The fourth-order valence-electron chi connectivity index (χ4n) is 4.44. The summed E-state index contributed by atoms with van der Waals surface area (Å²) in [6.07, 6.45) is -6.13. The summed E-state index contributed by atoms with van der Waals surface area (Å²) in [4.78, 5) is 0. The molecule has 1 saturated heterocycles. The van der Waals surface area contributed by atoms with E-state index in [1.54, 1.807) is 24.3 Å². The second-order valence-electron chi connectivity index (χ2n) is 8.81. The molecule has 0 saturated carbocycles. The van der Waals surface area contributed by atoms with E-state index in [0.29, 0.717) is 46.6 Å². The molecule has 1 aliphatic heterocycles. The Hall–Kier alpha value is -2.90. The van der Waals surface area contributed by atoms with Crippen LogP contribution in [-0.2, 0) is 22.5 Å². The smallest absolute Gasteiger partial charge is 0.187 e. The summed E-state index contributed by atoms with van der Waals surface area (Å²) in [6, 6.07) is 8.56. The van der Waals surface area contributed by atoms with Crippen molar-refractivity contribution in [3.05, 3.63) is 41.5 Å². The van der Waals surface area contributed by atoms with Gasteiger partial charge in [-0.2, -0.15) is 0 Å². The number of rotatable bonds is 10. The van der Waals surface area contributed by atoms with Crippen LogP contribution in [0, 0.1) is 0 Å². The second kappa shape index (κ2) is 11.7. The number of benzene rings is 2. The molecular formula is C26H32O11. The number of methoxy groups -OCH3 is 2. The average Bonchev–Trinajstić information content (AvgIpc) is 3.28. The molecule has 3 aromatic rings. The van der Waals surface area contributed by atoms with Crippen molar-refractivity contribution in [2.24, 2.45) is 0 Å². The molecule has 11 heteroatoms. The predicted octanol–water partition coefficient (Wildman–Crippen LogP) is 1.06. The van der Waals surface area contributed by atoms with Crippen LogP contribution in [-0.4, -0.2) is 88.8 Å². The van der Waals surface area contributed by atoms with Gasteiger partial charge in [0, 0.05) is 23.1 Å². The van der Waals surface area contributed by atoms with E-state index in [4.69, 9.17) is 23.4 Å². The first kappa shape index (κ1) is 27.1. The molecule has 37 heavy (non-hydrogen) atoms. The van der Waals surface area contributed by atoms with Crippen LogP contribution in [0.5, 0.6) is 17.2 Å². The number of ether oxygens (including phenoxy) is 4. The minimum Gasteiger partial charge on any atom is -0.504 e. The zero-order chi connectivity index (χ0) is 26.7. The van der Waals surface area contributed by atoms with E-state index in [1.165, 1.54) is 14.2 Å². The molecule has 1 aliphatic rings. The van der Waals surface area contributed by atoms with Crippen molar-refractivity contribution in [1.82, 2.24) is 0 Å². The van der Waals surface area contributed by atoms with E-state index in [0.717, 1.165) is 5.56 Å². The third kappa shape index (κ3) is 5.39. The summed E-state index contributed by atoms with van der Waals surface area (Å²) >= 11 is 0. The van der Waals surface area contributed by atoms with E-state index < -0.39 is 37.3 Å². The van der Waals surface area contributed by atoms with Crippen molar-refractivity contribution in [3.8, 4) is 28.6 Å². The first-order valence-corrected chi connectivity index (χ1v) is 11.9. The lowest BCUT2D eigenvalue weighted by Crippen LogP contribution is -2.59. The number of aliphatic hydroxyl groups excluding tert-OH is 5. The first-order valence-electron chi connectivity index (χ1n) is 11.9. The van der Waals surface area contributed by atoms with Gasteiger partial charge in [0.1, 0.15) is 30.2 Å². The zero-order valence-electron chi connectivity index (χ0n) is 20.5. The van der Waals surface area contributed by atoms with E-state index in [1.807, 2.05) is 6.07 Å². The quantitative estimate of drug-likeness (QED) is 0.226. The molecular weight excluding hydrogens is 488 g/mol. The largest absolute Gasteiger partial charge is 0.504 e. The Labute approximate surface area is 213 Å². The van der Waals surface area contributed by atoms with Crippen molar-refractivity contribution in [2.75, 3.05) is 27.4 Å². The number of fused-ring (bicyclic) bond motifs is 1. The molecule has 0 bridgehead atoms. The SMILES string of the molecule is COc1ccc(-c2oc3c(O)cc(CCCO)cc3c2CO[C@@H]2O[C@H](CO)[C@@H](O)[C@H](O)[C@H]2O)cc1OC. The lowest BCUT2D eigenvalue weighted by Gasteiger charge is -2.39. The Kier molecular flexibility index (Phi) is 8.55. The topological polar surface area (TPSA) is 171 Å². The number of aliphatic hydroxyl groups is 5. The Morgan fingerprint density at radius 1 is 0.919 bits per heavy atom. The van der Waals surface area contributed by atoms with E-state index >= 15 is 0 Å². The standard InChI is InChI=1S/C26H32O11/c1-33-18-6-5-14(10-19(18)34-2)24-16(12-35-26-23(32)22(31)21(30)20(11-28)36-26)15-8-13(4-3-7-27)9-17(29)25(15)37-24/h5-6,8-10,20-23,26-32H,3-4,7,11-12H2,1-2H3/t20-,21-,22+,23-,26-/m1/s1. The van der Waals surface area contributed by atoms with Crippen LogP contribution in [0.1, 0.15) is 17.5 Å². The summed E-state index contributed by atoms with van der Waals surface area (Å²) in [5, 5.41) is 60.5. The Morgan fingerprint density at radius 3 is 2.35 bits per heavy atom. The molecule has 4 rings (SSSR count). The van der Waals surface area contributed by atoms with Crippen molar-refractivity contribution < 1.29 is 54.0 Å². The maximum atomic E-state index is 10.7. The second-order valence-corrected chi connectivity index (χ2v) is 8.81. The maximum Gasteiger partial charge on any atom is 0.187 e. The molecule has 202 valence electrons. The van der Waals surface area contributed by atoms with E-state index in [2.05, 4.69) is 0 Å². The number of furan rings is 1. The van der Waals surface area contributed by atoms with Gasteiger partial charge in [-0.3, -0.25) is 0 Å². The van der Waals surface area contributed by atoms with Crippen LogP contribution in [0.3, 0.4) is 0 Å². The summed E-state index contributed by atoms with van der Waals surface area (Å²) in [7, 11) is 3.02. The molecule has 0 radical (unpaired) electrons. The van der Waals surface area contributed by atoms with Gasteiger partial charge in [0.15, 0.2) is 29.1 Å². The number of phenols is 1. The van der Waals surface area contributed by atoms with Gasteiger partial charge in [0.25, 0.3) is 0 Å². The monoisotopic (exact) mass is 520 g/mol. The Morgan fingerprint density at radius 2 is 1.68 bits per heavy atom. The summed E-state index contributed by atoms with van der Waals surface area (Å²) in [6.45, 7) is -0.769.